The van der Waals surface area contributed by atoms with Crippen molar-refractivity contribution in [1.29, 1.82) is 0 Å². The van der Waals surface area contributed by atoms with Crippen LogP contribution in [0.3, 0.4) is 0 Å². The minimum absolute atomic E-state index is 0.141. The summed E-state index contributed by atoms with van der Waals surface area (Å²) in [6.07, 6.45) is 23.0. The van der Waals surface area contributed by atoms with Crippen LogP contribution in [0.5, 0.6) is 0 Å². The van der Waals surface area contributed by atoms with E-state index in [2.05, 4.69) is 13.0 Å². The van der Waals surface area contributed by atoms with E-state index in [9.17, 15) is 0 Å². The first-order valence-electron chi connectivity index (χ1n) is 7.84. The van der Waals surface area contributed by atoms with Gasteiger partial charge in [0.05, 0.1) is 6.61 Å². The zero-order valence-electron chi connectivity index (χ0n) is 12.2. The molecule has 0 bridgehead atoms. The highest BCUT2D eigenvalue weighted by Crippen LogP contribution is 2.11. The summed E-state index contributed by atoms with van der Waals surface area (Å²) < 4.78 is 0. The molecule has 0 heterocycles. The minimum atomic E-state index is 0.141. The van der Waals surface area contributed by atoms with E-state index < -0.39 is 0 Å². The first kappa shape index (κ1) is 17.4. The monoisotopic (exact) mass is 252 g/mol. The molecule has 106 valence electrons. The third kappa shape index (κ3) is 15.4. The van der Waals surface area contributed by atoms with E-state index in [4.69, 9.17) is 5.11 Å². The molecule has 0 unspecified atom stereocenters. The fourth-order valence-corrected chi connectivity index (χ4v) is 2.06. The number of aliphatic hydroxyl groups is 1. The van der Waals surface area contributed by atoms with Gasteiger partial charge in [-0.1, -0.05) is 89.0 Å². The average molecular weight is 252 g/mol. The van der Waals surface area contributed by atoms with Crippen molar-refractivity contribution >= 4 is 0 Å². The van der Waals surface area contributed by atoms with E-state index in [0.717, 1.165) is 0 Å². The summed E-state index contributed by atoms with van der Waals surface area (Å²) in [6.45, 7) is 2.41. The second kappa shape index (κ2) is 16.4. The molecule has 0 saturated carbocycles. The van der Waals surface area contributed by atoms with Crippen LogP contribution in [0.1, 0.15) is 77.6 Å². The molecule has 0 aromatic heterocycles. The Kier molecular flexibility index (Phi) is 15.9. The molecule has 0 aromatic carbocycles. The van der Waals surface area contributed by atoms with Crippen LogP contribution in [-0.4, -0.2) is 11.7 Å². The van der Waals surface area contributed by atoms with Gasteiger partial charge in [-0.2, -0.15) is 0 Å². The lowest BCUT2D eigenvalue weighted by atomic mass is 10.1. The highest BCUT2D eigenvalue weighted by atomic mass is 16.2. The lowest BCUT2D eigenvalue weighted by Crippen LogP contribution is -1.81. The molecule has 1 heteroatoms. The molecule has 18 heavy (non-hydrogen) atoms. The molecule has 0 aliphatic heterocycles. The number of unbranched alkanes of at least 4 members (excludes halogenated alkanes) is 10. The molecular weight excluding hydrogens is 220 g/mol. The molecule has 0 aliphatic carbocycles. The maximum Gasteiger partial charge on any atom is 0.0615 e. The first-order valence-corrected chi connectivity index (χ1v) is 7.84. The van der Waals surface area contributed by atoms with Gasteiger partial charge in [-0.3, -0.25) is 0 Å². The van der Waals surface area contributed by atoms with E-state index >= 15 is 0 Å². The maximum atomic E-state index is 8.54. The average Bonchev–Trinajstić information content (AvgIpc) is 2.39. The highest BCUT2D eigenvalue weighted by molar-refractivity contribution is 5.02. The van der Waals surface area contributed by atoms with Gasteiger partial charge in [-0.15, -0.1) is 0 Å². The second-order valence-corrected chi connectivity index (χ2v) is 5.01. The van der Waals surface area contributed by atoms with Crippen molar-refractivity contribution < 1.29 is 5.11 Å². The van der Waals surface area contributed by atoms with Crippen LogP contribution in [0.25, 0.3) is 0 Å². The fourth-order valence-electron chi connectivity index (χ4n) is 2.06. The Morgan fingerprint density at radius 1 is 0.667 bits per heavy atom. The zero-order chi connectivity index (χ0) is 13.3. The van der Waals surface area contributed by atoms with Crippen molar-refractivity contribution in [2.24, 2.45) is 0 Å². The molecule has 0 rings (SSSR count). The lowest BCUT2D eigenvalue weighted by Gasteiger charge is -2.01. The van der Waals surface area contributed by atoms with Gasteiger partial charge in [0.25, 0.3) is 0 Å². The van der Waals surface area contributed by atoms with Gasteiger partial charge >= 0.3 is 0 Å². The van der Waals surface area contributed by atoms with Crippen LogP contribution in [0.4, 0.5) is 0 Å². The summed E-state index contributed by atoms with van der Waals surface area (Å²) in [6, 6.07) is 0. The molecule has 1 nitrogen and oxygen atoms in total. The van der Waals surface area contributed by atoms with Gasteiger partial charge in [0.1, 0.15) is 0 Å². The second-order valence-electron chi connectivity index (χ2n) is 5.01. The fraction of sp³-hybridized carbons (Fsp3) is 0.765. The normalized spacial score (nSPS) is 11.9. The topological polar surface area (TPSA) is 20.2 Å². The van der Waals surface area contributed by atoms with E-state index in [1.807, 2.05) is 12.2 Å². The Hall–Kier alpha value is -0.560. The van der Waals surface area contributed by atoms with Crippen LogP contribution >= 0.6 is 0 Å². The maximum absolute atomic E-state index is 8.54. The Morgan fingerprint density at radius 2 is 1.17 bits per heavy atom. The van der Waals surface area contributed by atoms with Gasteiger partial charge in [-0.25, -0.2) is 0 Å². The van der Waals surface area contributed by atoms with Crippen molar-refractivity contribution in [3.8, 4) is 0 Å². The van der Waals surface area contributed by atoms with Crippen molar-refractivity contribution in [1.82, 2.24) is 0 Å². The lowest BCUT2D eigenvalue weighted by molar-refractivity contribution is 0.343. The van der Waals surface area contributed by atoms with E-state index in [1.165, 1.54) is 70.6 Å². The van der Waals surface area contributed by atoms with Crippen LogP contribution in [0.2, 0.25) is 0 Å². The molecular formula is C17H32O. The molecule has 0 atom stereocenters. The Balaban J connectivity index is 3.03. The Morgan fingerprint density at radius 3 is 1.72 bits per heavy atom. The molecule has 0 amide bonds. The van der Waals surface area contributed by atoms with Gasteiger partial charge in [0, 0.05) is 0 Å². The SMILES string of the molecule is CCCCCCCCCCCCC=CC=CCO. The van der Waals surface area contributed by atoms with Crippen LogP contribution in [0, 0.1) is 0 Å². The smallest absolute Gasteiger partial charge is 0.0615 e. The van der Waals surface area contributed by atoms with Crippen molar-refractivity contribution in [3.63, 3.8) is 0 Å². The van der Waals surface area contributed by atoms with Gasteiger partial charge in [0.15, 0.2) is 0 Å². The zero-order valence-corrected chi connectivity index (χ0v) is 12.2. The van der Waals surface area contributed by atoms with Crippen LogP contribution in [-0.2, 0) is 0 Å². The summed E-state index contributed by atoms with van der Waals surface area (Å²) in [7, 11) is 0. The van der Waals surface area contributed by atoms with E-state index in [1.54, 1.807) is 6.08 Å². The molecule has 0 aromatic rings. The van der Waals surface area contributed by atoms with Crippen molar-refractivity contribution in [2.75, 3.05) is 6.61 Å². The summed E-state index contributed by atoms with van der Waals surface area (Å²) in [5.41, 5.74) is 0. The quantitative estimate of drug-likeness (QED) is 0.343. The summed E-state index contributed by atoms with van der Waals surface area (Å²) >= 11 is 0. The van der Waals surface area contributed by atoms with E-state index in [-0.39, 0.29) is 6.61 Å². The predicted molar refractivity (Wildman–Crippen MR) is 81.8 cm³/mol. The summed E-state index contributed by atoms with van der Waals surface area (Å²) in [5.74, 6) is 0. The molecule has 0 spiro atoms. The minimum Gasteiger partial charge on any atom is -0.392 e. The van der Waals surface area contributed by atoms with Gasteiger partial charge < -0.3 is 5.11 Å². The molecule has 0 fully saturated rings. The first-order chi connectivity index (χ1) is 8.91. The van der Waals surface area contributed by atoms with E-state index in [0.29, 0.717) is 0 Å². The number of aliphatic hydroxyl groups excluding tert-OH is 1. The standard InChI is InChI=1S/C17H32O/c1-2-3-4-5-6-7-8-9-10-11-12-13-14-15-16-17-18/h13-16,18H,2-12,17H2,1H3. The highest BCUT2D eigenvalue weighted by Gasteiger charge is 1.91. The number of allylic oxidation sites excluding steroid dienone is 3. The Labute approximate surface area is 114 Å². The molecule has 0 aliphatic rings. The number of hydrogen-bond acceptors (Lipinski definition) is 1. The molecule has 1 N–H and O–H groups in total. The number of hydrogen-bond donors (Lipinski definition) is 1. The third-order valence-corrected chi connectivity index (χ3v) is 3.21. The molecule has 0 saturated heterocycles. The summed E-state index contributed by atoms with van der Waals surface area (Å²) in [4.78, 5) is 0. The molecule has 0 radical (unpaired) electrons. The van der Waals surface area contributed by atoms with Crippen molar-refractivity contribution in [2.45, 2.75) is 77.6 Å². The Bertz CT molecular complexity index is 194. The van der Waals surface area contributed by atoms with Crippen molar-refractivity contribution in [3.05, 3.63) is 24.3 Å². The predicted octanol–water partition coefficient (Wildman–Crippen LogP) is 5.40. The largest absolute Gasteiger partial charge is 0.392 e. The van der Waals surface area contributed by atoms with Crippen LogP contribution in [0.15, 0.2) is 24.3 Å². The summed E-state index contributed by atoms with van der Waals surface area (Å²) in [5, 5.41) is 8.54. The number of rotatable bonds is 13. The van der Waals surface area contributed by atoms with Gasteiger partial charge in [-0.05, 0) is 12.8 Å². The third-order valence-electron chi connectivity index (χ3n) is 3.21. The van der Waals surface area contributed by atoms with Crippen LogP contribution < -0.4 is 0 Å². The van der Waals surface area contributed by atoms with Gasteiger partial charge in [0.2, 0.25) is 0 Å².